The van der Waals surface area contributed by atoms with E-state index < -0.39 is 40.4 Å². The number of amides is 1. The molecule has 1 unspecified atom stereocenters. The minimum atomic E-state index is -4.51. The molecule has 10 heteroatoms. The van der Waals surface area contributed by atoms with Crippen molar-refractivity contribution in [3.05, 3.63) is 11.6 Å². The van der Waals surface area contributed by atoms with Crippen molar-refractivity contribution in [2.45, 2.75) is 18.6 Å². The highest BCUT2D eigenvalue weighted by atomic mass is 35.5. The molecule has 0 bridgehead atoms. The van der Waals surface area contributed by atoms with Crippen LogP contribution in [-0.4, -0.2) is 50.3 Å². The lowest BCUT2D eigenvalue weighted by Gasteiger charge is -2.18. The molecule has 1 aliphatic heterocycles. The van der Waals surface area contributed by atoms with Crippen molar-refractivity contribution in [3.8, 4) is 0 Å². The fourth-order valence-electron chi connectivity index (χ4n) is 1.72. The van der Waals surface area contributed by atoms with Crippen LogP contribution in [-0.2, 0) is 14.8 Å². The normalized spacial score (nSPS) is 20.9. The zero-order chi connectivity index (χ0) is 14.8. The maximum absolute atomic E-state index is 12.2. The van der Waals surface area contributed by atoms with Gasteiger partial charge in [-0.25, -0.2) is 13.1 Å². The zero-order valence-electron chi connectivity index (χ0n) is 9.70. The maximum atomic E-state index is 12.2. The van der Waals surface area contributed by atoms with Crippen LogP contribution in [0.5, 0.6) is 0 Å². The SMILES string of the molecule is C=C(Cl)CS(=O)(=O)NC1CC(=O)N(CC(F)(F)F)C1. The molecule has 1 rings (SSSR count). The molecule has 19 heavy (non-hydrogen) atoms. The summed E-state index contributed by atoms with van der Waals surface area (Å²) in [7, 11) is -3.80. The van der Waals surface area contributed by atoms with Crippen molar-refractivity contribution in [3.63, 3.8) is 0 Å². The summed E-state index contributed by atoms with van der Waals surface area (Å²) < 4.78 is 61.6. The van der Waals surface area contributed by atoms with E-state index in [1.165, 1.54) is 0 Å². The average Bonchev–Trinajstić information content (AvgIpc) is 2.39. The molecule has 1 saturated heterocycles. The number of hydrogen-bond donors (Lipinski definition) is 1. The van der Waals surface area contributed by atoms with E-state index in [0.29, 0.717) is 4.90 Å². The molecule has 1 heterocycles. The van der Waals surface area contributed by atoms with E-state index in [4.69, 9.17) is 11.6 Å². The van der Waals surface area contributed by atoms with Gasteiger partial charge in [0.25, 0.3) is 0 Å². The highest BCUT2D eigenvalue weighted by molar-refractivity contribution is 7.89. The van der Waals surface area contributed by atoms with Gasteiger partial charge < -0.3 is 4.90 Å². The number of sulfonamides is 1. The summed E-state index contributed by atoms with van der Waals surface area (Å²) in [6, 6.07) is -0.879. The summed E-state index contributed by atoms with van der Waals surface area (Å²) in [5.74, 6) is -1.28. The third kappa shape index (κ3) is 5.79. The number of carbonyl (C=O) groups is 1. The molecule has 0 aromatic rings. The molecule has 0 spiro atoms. The van der Waals surface area contributed by atoms with Crippen molar-refractivity contribution < 1.29 is 26.4 Å². The first-order valence-electron chi connectivity index (χ1n) is 5.16. The van der Waals surface area contributed by atoms with Crippen LogP contribution in [0.1, 0.15) is 6.42 Å². The number of carbonyl (C=O) groups excluding carboxylic acids is 1. The Labute approximate surface area is 113 Å². The van der Waals surface area contributed by atoms with Gasteiger partial charge in [0, 0.05) is 24.0 Å². The summed E-state index contributed by atoms with van der Waals surface area (Å²) in [6.45, 7) is 1.52. The predicted molar refractivity (Wildman–Crippen MR) is 63.0 cm³/mol. The lowest BCUT2D eigenvalue weighted by Crippen LogP contribution is -2.40. The Kier molecular flexibility index (Phi) is 4.86. The maximum Gasteiger partial charge on any atom is 0.406 e. The topological polar surface area (TPSA) is 66.5 Å². The standard InChI is InChI=1S/C9H12ClF3N2O3S/c1-6(10)4-19(17,18)14-7-2-8(16)15(3-7)5-9(11,12)13/h7,14H,1-5H2. The van der Waals surface area contributed by atoms with Crippen molar-refractivity contribution in [2.75, 3.05) is 18.8 Å². The Balaban J connectivity index is 2.60. The van der Waals surface area contributed by atoms with Gasteiger partial charge in [0.2, 0.25) is 15.9 Å². The predicted octanol–water partition coefficient (Wildman–Crippen LogP) is 0.821. The van der Waals surface area contributed by atoms with Gasteiger partial charge in [-0.3, -0.25) is 4.79 Å². The molecule has 0 aromatic heterocycles. The number of alkyl halides is 3. The number of halogens is 4. The fourth-order valence-corrected chi connectivity index (χ4v) is 3.31. The Morgan fingerprint density at radius 2 is 2.11 bits per heavy atom. The largest absolute Gasteiger partial charge is 0.406 e. The van der Waals surface area contributed by atoms with Crippen molar-refractivity contribution in [1.29, 1.82) is 0 Å². The van der Waals surface area contributed by atoms with E-state index in [0.717, 1.165) is 0 Å². The first-order valence-corrected chi connectivity index (χ1v) is 7.19. The van der Waals surface area contributed by atoms with Crippen LogP contribution >= 0.6 is 11.6 Å². The van der Waals surface area contributed by atoms with E-state index in [2.05, 4.69) is 11.3 Å². The molecule has 1 aliphatic rings. The molecular formula is C9H12ClF3N2O3S. The molecule has 0 saturated carbocycles. The smallest absolute Gasteiger partial charge is 0.332 e. The van der Waals surface area contributed by atoms with Crippen LogP contribution in [0, 0.1) is 0 Å². The van der Waals surface area contributed by atoms with Crippen LogP contribution in [0.3, 0.4) is 0 Å². The van der Waals surface area contributed by atoms with Gasteiger partial charge >= 0.3 is 6.18 Å². The van der Waals surface area contributed by atoms with Gasteiger partial charge in [-0.2, -0.15) is 13.2 Å². The third-order valence-electron chi connectivity index (χ3n) is 2.28. The first-order chi connectivity index (χ1) is 8.48. The van der Waals surface area contributed by atoms with E-state index in [1.54, 1.807) is 0 Å². The second-order valence-electron chi connectivity index (χ2n) is 4.18. The summed E-state index contributed by atoms with van der Waals surface area (Å²) >= 11 is 5.35. The molecule has 1 amide bonds. The van der Waals surface area contributed by atoms with Crippen molar-refractivity contribution in [1.82, 2.24) is 9.62 Å². The number of hydrogen-bond acceptors (Lipinski definition) is 3. The quantitative estimate of drug-likeness (QED) is 0.815. The minimum Gasteiger partial charge on any atom is -0.332 e. The van der Waals surface area contributed by atoms with Crippen molar-refractivity contribution >= 4 is 27.5 Å². The van der Waals surface area contributed by atoms with E-state index in [-0.39, 0.29) is 18.0 Å². The van der Waals surface area contributed by atoms with Crippen LogP contribution in [0.4, 0.5) is 13.2 Å². The summed E-state index contributed by atoms with van der Waals surface area (Å²) in [5.41, 5.74) is 0. The molecule has 0 aromatic carbocycles. The monoisotopic (exact) mass is 320 g/mol. The number of likely N-dealkylation sites (tertiary alicyclic amines) is 1. The fraction of sp³-hybridized carbons (Fsp3) is 0.667. The van der Waals surface area contributed by atoms with E-state index in [1.807, 2.05) is 0 Å². The van der Waals surface area contributed by atoms with Crippen molar-refractivity contribution in [2.24, 2.45) is 0 Å². The Morgan fingerprint density at radius 1 is 1.53 bits per heavy atom. The number of rotatable bonds is 5. The highest BCUT2D eigenvalue weighted by Crippen LogP contribution is 2.21. The molecule has 110 valence electrons. The lowest BCUT2D eigenvalue weighted by molar-refractivity contribution is -0.157. The second kappa shape index (κ2) is 5.68. The Bertz CT molecular complexity index is 478. The molecule has 1 atom stereocenters. The van der Waals surface area contributed by atoms with Gasteiger partial charge in [-0.1, -0.05) is 18.2 Å². The summed E-state index contributed by atoms with van der Waals surface area (Å²) in [4.78, 5) is 11.9. The van der Waals surface area contributed by atoms with Gasteiger partial charge in [0.1, 0.15) is 6.54 Å². The van der Waals surface area contributed by atoms with Gasteiger partial charge in [0.15, 0.2) is 0 Å². The van der Waals surface area contributed by atoms with Gasteiger partial charge in [0.05, 0.1) is 5.75 Å². The molecule has 1 N–H and O–H groups in total. The molecule has 1 fully saturated rings. The third-order valence-corrected chi connectivity index (χ3v) is 3.99. The number of nitrogens with one attached hydrogen (secondary N) is 1. The molecule has 0 aliphatic carbocycles. The summed E-state index contributed by atoms with van der Waals surface area (Å²) in [5, 5.41) is -0.121. The van der Waals surface area contributed by atoms with Crippen LogP contribution < -0.4 is 4.72 Å². The lowest BCUT2D eigenvalue weighted by atomic mass is 10.3. The summed E-state index contributed by atoms with van der Waals surface area (Å²) in [6.07, 6.45) is -4.81. The highest BCUT2D eigenvalue weighted by Gasteiger charge is 2.39. The zero-order valence-corrected chi connectivity index (χ0v) is 11.3. The Hall–Kier alpha value is -0.800. The first kappa shape index (κ1) is 16.3. The van der Waals surface area contributed by atoms with Gasteiger partial charge in [-0.15, -0.1) is 0 Å². The number of nitrogens with zero attached hydrogens (tertiary/aromatic N) is 1. The van der Waals surface area contributed by atoms with Crippen LogP contribution in [0.2, 0.25) is 0 Å². The van der Waals surface area contributed by atoms with E-state index in [9.17, 15) is 26.4 Å². The van der Waals surface area contributed by atoms with Gasteiger partial charge in [-0.05, 0) is 0 Å². The van der Waals surface area contributed by atoms with E-state index >= 15 is 0 Å². The molecular weight excluding hydrogens is 309 g/mol. The molecule has 5 nitrogen and oxygen atoms in total. The molecule has 0 radical (unpaired) electrons. The average molecular weight is 321 g/mol. The van der Waals surface area contributed by atoms with Crippen LogP contribution in [0.15, 0.2) is 11.6 Å². The van der Waals surface area contributed by atoms with Crippen LogP contribution in [0.25, 0.3) is 0 Å². The minimum absolute atomic E-state index is 0.121. The Morgan fingerprint density at radius 3 is 2.58 bits per heavy atom. The second-order valence-corrected chi connectivity index (χ2v) is 6.47.